The first kappa shape index (κ1) is 26.3. The third-order valence-electron chi connectivity index (χ3n) is 6.31. The van der Waals surface area contributed by atoms with Gasteiger partial charge in [-0.1, -0.05) is 71.7 Å². The lowest BCUT2D eigenvalue weighted by molar-refractivity contribution is 0.0703. The second kappa shape index (κ2) is 10.9. The molecule has 0 bridgehead atoms. The van der Waals surface area contributed by atoms with Crippen molar-refractivity contribution >= 4 is 74.4 Å². The van der Waals surface area contributed by atoms with Crippen molar-refractivity contribution in [2.24, 2.45) is 0 Å². The number of carbonyl (C=O) groups is 2. The van der Waals surface area contributed by atoms with Crippen molar-refractivity contribution in [3.05, 3.63) is 122 Å². The van der Waals surface area contributed by atoms with Crippen molar-refractivity contribution in [3.63, 3.8) is 0 Å². The second-order valence-corrected chi connectivity index (χ2v) is 12.0. The molecule has 3 aromatic heterocycles. The lowest BCUT2D eigenvalue weighted by Gasteiger charge is -2.22. The molecular weight excluding hydrogens is 585 g/mol. The molecule has 198 valence electrons. The predicted octanol–water partition coefficient (Wildman–Crippen LogP) is 9.74. The van der Waals surface area contributed by atoms with Crippen LogP contribution in [0.4, 0.5) is 5.69 Å². The van der Waals surface area contributed by atoms with Gasteiger partial charge in [-0.25, -0.2) is 4.79 Å². The Hall–Kier alpha value is -3.88. The fraction of sp³-hybridized carbons (Fsp3) is 0.0323. The molecule has 0 aliphatic heterocycles. The van der Waals surface area contributed by atoms with E-state index in [-0.39, 0.29) is 22.0 Å². The van der Waals surface area contributed by atoms with Crippen LogP contribution in [-0.4, -0.2) is 17.0 Å². The number of hydrogen-bond donors (Lipinski definition) is 1. The molecule has 0 spiro atoms. The fourth-order valence-corrected chi connectivity index (χ4v) is 6.85. The van der Waals surface area contributed by atoms with Gasteiger partial charge < -0.3 is 14.4 Å². The molecule has 0 atom stereocenters. The van der Waals surface area contributed by atoms with Crippen LogP contribution in [0.2, 0.25) is 10.0 Å². The highest BCUT2D eigenvalue weighted by Gasteiger charge is 2.28. The van der Waals surface area contributed by atoms with Crippen LogP contribution >= 0.6 is 45.9 Å². The number of para-hydroxylation sites is 1. The van der Waals surface area contributed by atoms with Crippen LogP contribution in [0.15, 0.2) is 101 Å². The summed E-state index contributed by atoms with van der Waals surface area (Å²) in [7, 11) is 0. The molecule has 0 saturated heterocycles. The summed E-state index contributed by atoms with van der Waals surface area (Å²) in [4.78, 5) is 30.4. The number of fused-ring (bicyclic) bond motifs is 1. The number of amides is 1. The summed E-state index contributed by atoms with van der Waals surface area (Å²) >= 11 is 15.1. The van der Waals surface area contributed by atoms with E-state index in [1.165, 1.54) is 22.3 Å². The monoisotopic (exact) mass is 603 g/mol. The van der Waals surface area contributed by atoms with Crippen LogP contribution in [0, 0.1) is 0 Å². The van der Waals surface area contributed by atoms with Gasteiger partial charge in [0.15, 0.2) is 0 Å². The maximum atomic E-state index is 14.0. The van der Waals surface area contributed by atoms with E-state index in [0.717, 1.165) is 48.3 Å². The van der Waals surface area contributed by atoms with Crippen molar-refractivity contribution < 1.29 is 19.1 Å². The molecule has 0 fully saturated rings. The van der Waals surface area contributed by atoms with Gasteiger partial charge in [-0.15, -0.1) is 22.7 Å². The first-order valence-electron chi connectivity index (χ1n) is 12.1. The highest BCUT2D eigenvalue weighted by Crippen LogP contribution is 2.40. The maximum absolute atomic E-state index is 14.0. The molecule has 1 N–H and O–H groups in total. The number of anilines is 1. The third-order valence-corrected chi connectivity index (χ3v) is 9.10. The fourth-order valence-electron chi connectivity index (χ4n) is 4.41. The van der Waals surface area contributed by atoms with E-state index in [2.05, 4.69) is 0 Å². The number of aromatic carboxylic acids is 1. The third kappa shape index (κ3) is 5.17. The molecule has 0 unspecified atom stereocenters. The summed E-state index contributed by atoms with van der Waals surface area (Å²) in [6, 6.07) is 29.5. The number of nitrogens with zero attached hydrogens (tertiary/aromatic N) is 1. The predicted molar refractivity (Wildman–Crippen MR) is 163 cm³/mol. The summed E-state index contributed by atoms with van der Waals surface area (Å²) < 4.78 is 6.03. The number of benzene rings is 3. The van der Waals surface area contributed by atoms with Gasteiger partial charge in [0.1, 0.15) is 16.2 Å². The zero-order chi connectivity index (χ0) is 27.8. The van der Waals surface area contributed by atoms with Gasteiger partial charge in [0, 0.05) is 20.2 Å². The van der Waals surface area contributed by atoms with Gasteiger partial charge in [-0.05, 0) is 54.1 Å². The second-order valence-electron chi connectivity index (χ2n) is 8.93. The SMILES string of the molecule is O=C(O)c1sc(-c2ccccc2)cc1N(Cc1ccc(-c2cc3ccccc3o2)s1)C(=O)c1ccc(Cl)cc1Cl. The van der Waals surface area contributed by atoms with Gasteiger partial charge in [0.2, 0.25) is 0 Å². The average Bonchev–Trinajstić information content (AvgIpc) is 3.70. The Labute approximate surface area is 247 Å². The van der Waals surface area contributed by atoms with E-state index >= 15 is 0 Å². The largest absolute Gasteiger partial charge is 0.477 e. The number of furan rings is 1. The van der Waals surface area contributed by atoms with Crippen LogP contribution in [0.3, 0.4) is 0 Å². The number of carboxylic acids is 1. The van der Waals surface area contributed by atoms with Gasteiger partial charge in [0.05, 0.1) is 27.7 Å². The summed E-state index contributed by atoms with van der Waals surface area (Å²) in [5, 5.41) is 11.7. The van der Waals surface area contributed by atoms with E-state index in [1.54, 1.807) is 18.2 Å². The molecule has 6 aromatic rings. The lowest BCUT2D eigenvalue weighted by atomic mass is 10.1. The molecule has 6 rings (SSSR count). The number of carboxylic acid groups (broad SMARTS) is 1. The van der Waals surface area contributed by atoms with E-state index in [1.807, 2.05) is 72.8 Å². The van der Waals surface area contributed by atoms with Crippen molar-refractivity contribution in [1.82, 2.24) is 0 Å². The summed E-state index contributed by atoms with van der Waals surface area (Å²) in [5.41, 5.74) is 2.18. The number of halogens is 2. The molecule has 3 aromatic carbocycles. The van der Waals surface area contributed by atoms with Crippen LogP contribution in [0.25, 0.3) is 32.0 Å². The van der Waals surface area contributed by atoms with Gasteiger partial charge in [-0.2, -0.15) is 0 Å². The zero-order valence-corrected chi connectivity index (χ0v) is 23.8. The molecule has 40 heavy (non-hydrogen) atoms. The summed E-state index contributed by atoms with van der Waals surface area (Å²) in [6.07, 6.45) is 0. The quantitative estimate of drug-likeness (QED) is 0.197. The molecule has 0 aliphatic carbocycles. The topological polar surface area (TPSA) is 70.8 Å². The van der Waals surface area contributed by atoms with Crippen molar-refractivity contribution in [3.8, 4) is 21.1 Å². The van der Waals surface area contributed by atoms with Crippen molar-refractivity contribution in [1.29, 1.82) is 0 Å². The molecular formula is C31H19Cl2NO4S2. The zero-order valence-electron chi connectivity index (χ0n) is 20.6. The summed E-state index contributed by atoms with van der Waals surface area (Å²) in [5.74, 6) is -0.819. The highest BCUT2D eigenvalue weighted by molar-refractivity contribution is 7.18. The maximum Gasteiger partial charge on any atom is 0.348 e. The minimum Gasteiger partial charge on any atom is -0.477 e. The van der Waals surface area contributed by atoms with E-state index in [4.69, 9.17) is 27.6 Å². The van der Waals surface area contributed by atoms with E-state index < -0.39 is 11.9 Å². The Kier molecular flexibility index (Phi) is 7.21. The Bertz CT molecular complexity index is 1840. The molecule has 0 saturated carbocycles. The molecule has 0 aliphatic rings. The Morgan fingerprint density at radius 3 is 2.35 bits per heavy atom. The smallest absolute Gasteiger partial charge is 0.348 e. The van der Waals surface area contributed by atoms with E-state index in [9.17, 15) is 14.7 Å². The number of carbonyl (C=O) groups excluding carboxylic acids is 1. The average molecular weight is 605 g/mol. The lowest BCUT2D eigenvalue weighted by Crippen LogP contribution is -2.31. The van der Waals surface area contributed by atoms with Gasteiger partial charge >= 0.3 is 5.97 Å². The number of rotatable bonds is 7. The van der Waals surface area contributed by atoms with Crippen molar-refractivity contribution in [2.75, 3.05) is 4.90 Å². The summed E-state index contributed by atoms with van der Waals surface area (Å²) in [6.45, 7) is 0.133. The first-order valence-corrected chi connectivity index (χ1v) is 14.5. The standard InChI is InChI=1S/C31H19Cl2NO4S2/c32-20-10-12-22(23(33)15-20)30(35)34(24-16-28(40-29(24)31(36)37)18-6-2-1-3-7-18)17-21-11-13-27(39-21)26-14-19-8-4-5-9-25(19)38-26/h1-16H,17H2,(H,36,37). The van der Waals surface area contributed by atoms with Crippen LogP contribution in [0.5, 0.6) is 0 Å². The number of thiophene rings is 2. The Morgan fingerprint density at radius 2 is 1.60 bits per heavy atom. The molecule has 0 radical (unpaired) electrons. The number of hydrogen-bond acceptors (Lipinski definition) is 5. The normalized spacial score (nSPS) is 11.2. The van der Waals surface area contributed by atoms with Crippen LogP contribution < -0.4 is 4.90 Å². The first-order chi connectivity index (χ1) is 19.4. The molecule has 3 heterocycles. The van der Waals surface area contributed by atoms with Crippen molar-refractivity contribution in [2.45, 2.75) is 6.54 Å². The Morgan fingerprint density at radius 1 is 0.825 bits per heavy atom. The highest BCUT2D eigenvalue weighted by atomic mass is 35.5. The van der Waals surface area contributed by atoms with Gasteiger partial charge in [-0.3, -0.25) is 4.79 Å². The minimum atomic E-state index is -1.11. The van der Waals surface area contributed by atoms with Crippen LogP contribution in [-0.2, 0) is 6.54 Å². The molecule has 1 amide bonds. The molecule has 5 nitrogen and oxygen atoms in total. The minimum absolute atomic E-state index is 0.0614. The Balaban J connectivity index is 1.43. The van der Waals surface area contributed by atoms with E-state index in [0.29, 0.717) is 10.7 Å². The molecule has 9 heteroatoms. The van der Waals surface area contributed by atoms with Gasteiger partial charge in [0.25, 0.3) is 5.91 Å². The van der Waals surface area contributed by atoms with Crippen LogP contribution in [0.1, 0.15) is 24.9 Å².